The third kappa shape index (κ3) is 3.04. The smallest absolute Gasteiger partial charge is 0.270 e. The molecule has 6 nitrogen and oxygen atoms in total. The van der Waals surface area contributed by atoms with Gasteiger partial charge in [0.25, 0.3) is 5.91 Å². The Morgan fingerprint density at radius 2 is 2.23 bits per heavy atom. The molecule has 6 heteroatoms. The van der Waals surface area contributed by atoms with Crippen LogP contribution >= 0.6 is 0 Å². The number of carbonyl (C=O) groups excluding carboxylic acids is 1. The van der Waals surface area contributed by atoms with Crippen molar-refractivity contribution in [3.8, 4) is 17.5 Å². The van der Waals surface area contributed by atoms with Gasteiger partial charge in [-0.05, 0) is 30.7 Å². The molecule has 1 unspecified atom stereocenters. The van der Waals surface area contributed by atoms with E-state index in [-0.39, 0.29) is 11.9 Å². The first-order valence-electron chi connectivity index (χ1n) is 7.09. The number of nitrogens with zero attached hydrogens (tertiary/aromatic N) is 4. The van der Waals surface area contributed by atoms with E-state index in [1.54, 1.807) is 23.4 Å². The number of rotatable bonds is 3. The zero-order valence-electron chi connectivity index (χ0n) is 11.9. The standard InChI is InChI=1S/C16H15N5O/c17-11-21-8-5-13(10-21)20-16(22)15-9-12(4-7-19-15)14-3-1-2-6-18-14/h1-4,6-7,9,13H,5,8,10H2,(H,20,22). The Hall–Kier alpha value is -2.94. The number of nitriles is 1. The second-order valence-electron chi connectivity index (χ2n) is 5.15. The van der Waals surface area contributed by atoms with Crippen LogP contribution in [0.2, 0.25) is 0 Å². The molecule has 0 radical (unpaired) electrons. The van der Waals surface area contributed by atoms with Crippen molar-refractivity contribution >= 4 is 5.91 Å². The fourth-order valence-electron chi connectivity index (χ4n) is 2.48. The highest BCUT2D eigenvalue weighted by Crippen LogP contribution is 2.16. The average molecular weight is 293 g/mol. The Bertz CT molecular complexity index is 710. The summed E-state index contributed by atoms with van der Waals surface area (Å²) >= 11 is 0. The zero-order chi connectivity index (χ0) is 15.4. The fourth-order valence-corrected chi connectivity index (χ4v) is 2.48. The van der Waals surface area contributed by atoms with E-state index < -0.39 is 0 Å². The third-order valence-corrected chi connectivity index (χ3v) is 3.62. The quantitative estimate of drug-likeness (QED) is 0.866. The molecule has 2 aromatic heterocycles. The normalized spacial score (nSPS) is 17.0. The van der Waals surface area contributed by atoms with Crippen LogP contribution in [0.5, 0.6) is 0 Å². The largest absolute Gasteiger partial charge is 0.346 e. The minimum Gasteiger partial charge on any atom is -0.346 e. The van der Waals surface area contributed by atoms with Crippen LogP contribution in [0.15, 0.2) is 42.7 Å². The second-order valence-corrected chi connectivity index (χ2v) is 5.15. The number of hydrogen-bond acceptors (Lipinski definition) is 5. The van der Waals surface area contributed by atoms with Crippen molar-refractivity contribution < 1.29 is 4.79 Å². The van der Waals surface area contributed by atoms with Gasteiger partial charge >= 0.3 is 0 Å². The van der Waals surface area contributed by atoms with Crippen LogP contribution < -0.4 is 5.32 Å². The monoisotopic (exact) mass is 293 g/mol. The van der Waals surface area contributed by atoms with Gasteiger partial charge in [0, 0.05) is 37.1 Å². The Labute approximate surface area is 128 Å². The maximum absolute atomic E-state index is 12.3. The van der Waals surface area contributed by atoms with Gasteiger partial charge in [0.15, 0.2) is 6.19 Å². The van der Waals surface area contributed by atoms with Gasteiger partial charge in [-0.2, -0.15) is 5.26 Å². The molecule has 1 fully saturated rings. The maximum atomic E-state index is 12.3. The fraction of sp³-hybridized carbons (Fsp3) is 0.250. The summed E-state index contributed by atoms with van der Waals surface area (Å²) in [7, 11) is 0. The van der Waals surface area contributed by atoms with Crippen molar-refractivity contribution in [2.24, 2.45) is 0 Å². The number of hydrogen-bond donors (Lipinski definition) is 1. The van der Waals surface area contributed by atoms with E-state index in [1.165, 1.54) is 0 Å². The Morgan fingerprint density at radius 3 is 2.95 bits per heavy atom. The topological polar surface area (TPSA) is 81.9 Å². The number of pyridine rings is 2. The molecular formula is C16H15N5O. The Kier molecular flexibility index (Phi) is 3.97. The molecule has 0 spiro atoms. The van der Waals surface area contributed by atoms with Crippen LogP contribution in [0.4, 0.5) is 0 Å². The first kappa shape index (κ1) is 14.0. The van der Waals surface area contributed by atoms with E-state index in [0.29, 0.717) is 18.8 Å². The van der Waals surface area contributed by atoms with E-state index in [4.69, 9.17) is 5.26 Å². The Balaban J connectivity index is 1.73. The van der Waals surface area contributed by atoms with Gasteiger partial charge in [-0.3, -0.25) is 14.8 Å². The zero-order valence-corrected chi connectivity index (χ0v) is 11.9. The highest BCUT2D eigenvalue weighted by molar-refractivity contribution is 5.93. The lowest BCUT2D eigenvalue weighted by Crippen LogP contribution is -2.36. The molecule has 0 bridgehead atoms. The van der Waals surface area contributed by atoms with E-state index in [1.807, 2.05) is 24.3 Å². The molecule has 1 atom stereocenters. The van der Waals surface area contributed by atoms with Gasteiger partial charge in [-0.25, -0.2) is 0 Å². The lowest BCUT2D eigenvalue weighted by molar-refractivity contribution is 0.0934. The van der Waals surface area contributed by atoms with Crippen molar-refractivity contribution in [1.82, 2.24) is 20.2 Å². The molecule has 1 saturated heterocycles. The summed E-state index contributed by atoms with van der Waals surface area (Å²) in [6.45, 7) is 1.24. The number of amides is 1. The van der Waals surface area contributed by atoms with Crippen LogP contribution in [-0.2, 0) is 0 Å². The number of carbonyl (C=O) groups is 1. The summed E-state index contributed by atoms with van der Waals surface area (Å²) < 4.78 is 0. The lowest BCUT2D eigenvalue weighted by atomic mass is 10.1. The van der Waals surface area contributed by atoms with E-state index in [9.17, 15) is 4.79 Å². The van der Waals surface area contributed by atoms with Crippen LogP contribution in [0.25, 0.3) is 11.3 Å². The van der Waals surface area contributed by atoms with Gasteiger partial charge in [-0.1, -0.05) is 6.07 Å². The van der Waals surface area contributed by atoms with Gasteiger partial charge in [0.2, 0.25) is 0 Å². The molecule has 2 aromatic rings. The van der Waals surface area contributed by atoms with Crippen LogP contribution in [0.1, 0.15) is 16.9 Å². The van der Waals surface area contributed by atoms with Crippen molar-refractivity contribution in [2.75, 3.05) is 13.1 Å². The SMILES string of the molecule is N#CN1CCC(NC(=O)c2cc(-c3ccccn3)ccn2)C1. The first-order valence-corrected chi connectivity index (χ1v) is 7.09. The summed E-state index contributed by atoms with van der Waals surface area (Å²) in [5, 5.41) is 11.8. The van der Waals surface area contributed by atoms with Crippen LogP contribution in [0, 0.1) is 11.5 Å². The van der Waals surface area contributed by atoms with Crippen molar-refractivity contribution in [3.05, 3.63) is 48.4 Å². The van der Waals surface area contributed by atoms with Gasteiger partial charge in [0.1, 0.15) is 5.69 Å². The summed E-state index contributed by atoms with van der Waals surface area (Å²) in [6, 6.07) is 9.18. The molecular weight excluding hydrogens is 278 g/mol. The summed E-state index contributed by atoms with van der Waals surface area (Å²) in [5.41, 5.74) is 2.01. The molecule has 22 heavy (non-hydrogen) atoms. The highest BCUT2D eigenvalue weighted by atomic mass is 16.1. The summed E-state index contributed by atoms with van der Waals surface area (Å²) in [6.07, 6.45) is 6.19. The maximum Gasteiger partial charge on any atom is 0.270 e. The van der Waals surface area contributed by atoms with E-state index in [0.717, 1.165) is 17.7 Å². The number of aromatic nitrogens is 2. The van der Waals surface area contributed by atoms with Gasteiger partial charge < -0.3 is 10.2 Å². The van der Waals surface area contributed by atoms with Gasteiger partial charge in [-0.15, -0.1) is 0 Å². The molecule has 3 heterocycles. The molecule has 110 valence electrons. The Morgan fingerprint density at radius 1 is 1.32 bits per heavy atom. The van der Waals surface area contributed by atoms with E-state index >= 15 is 0 Å². The summed E-state index contributed by atoms with van der Waals surface area (Å²) in [4.78, 5) is 22.3. The minimum atomic E-state index is -0.220. The molecule has 0 aliphatic carbocycles. The van der Waals surface area contributed by atoms with Crippen molar-refractivity contribution in [2.45, 2.75) is 12.5 Å². The van der Waals surface area contributed by atoms with Crippen LogP contribution in [0.3, 0.4) is 0 Å². The highest BCUT2D eigenvalue weighted by Gasteiger charge is 2.23. The minimum absolute atomic E-state index is 0.00698. The predicted molar refractivity (Wildman–Crippen MR) is 80.5 cm³/mol. The number of nitrogens with one attached hydrogen (secondary N) is 1. The predicted octanol–water partition coefficient (Wildman–Crippen LogP) is 1.43. The van der Waals surface area contributed by atoms with E-state index in [2.05, 4.69) is 21.5 Å². The molecule has 0 aromatic carbocycles. The third-order valence-electron chi connectivity index (χ3n) is 3.62. The molecule has 0 saturated carbocycles. The second kappa shape index (κ2) is 6.22. The average Bonchev–Trinajstić information content (AvgIpc) is 3.03. The number of likely N-dealkylation sites (tertiary alicyclic amines) is 1. The van der Waals surface area contributed by atoms with Gasteiger partial charge in [0.05, 0.1) is 5.69 Å². The lowest BCUT2D eigenvalue weighted by Gasteiger charge is -2.12. The van der Waals surface area contributed by atoms with Crippen LogP contribution in [-0.4, -0.2) is 39.9 Å². The molecule has 1 N–H and O–H groups in total. The van der Waals surface area contributed by atoms with Crippen molar-refractivity contribution in [3.63, 3.8) is 0 Å². The molecule has 1 aliphatic rings. The molecule has 3 rings (SSSR count). The summed E-state index contributed by atoms with van der Waals surface area (Å²) in [5.74, 6) is -0.220. The molecule has 1 amide bonds. The molecule has 1 aliphatic heterocycles. The first-order chi connectivity index (χ1) is 10.8. The van der Waals surface area contributed by atoms with Crippen molar-refractivity contribution in [1.29, 1.82) is 5.26 Å².